The highest BCUT2D eigenvalue weighted by atomic mass is 32.1. The van der Waals surface area contributed by atoms with Crippen LogP contribution in [0.15, 0.2) is 47.8 Å². The fourth-order valence-corrected chi connectivity index (χ4v) is 3.20. The fraction of sp³-hybridized carbons (Fsp3) is 0.263. The van der Waals surface area contributed by atoms with E-state index < -0.39 is 0 Å². The van der Waals surface area contributed by atoms with Crippen molar-refractivity contribution in [2.45, 2.75) is 6.42 Å². The molecule has 6 nitrogen and oxygen atoms in total. The number of amides is 1. The minimum absolute atomic E-state index is 0.160. The average Bonchev–Trinajstić information content (AvgIpc) is 3.34. The zero-order valence-corrected chi connectivity index (χ0v) is 15.6. The molecule has 1 aromatic carbocycles. The zero-order valence-electron chi connectivity index (χ0n) is 14.8. The summed E-state index contributed by atoms with van der Waals surface area (Å²) in [7, 11) is 3.27. The van der Waals surface area contributed by atoms with Gasteiger partial charge in [0.05, 0.1) is 17.7 Å². The Morgan fingerprint density at radius 1 is 1.23 bits per heavy atom. The van der Waals surface area contributed by atoms with Crippen LogP contribution in [0.2, 0.25) is 0 Å². The predicted molar refractivity (Wildman–Crippen MR) is 102 cm³/mol. The molecule has 0 saturated heterocycles. The highest BCUT2D eigenvalue weighted by Crippen LogP contribution is 2.26. The van der Waals surface area contributed by atoms with Crippen LogP contribution in [0, 0.1) is 0 Å². The van der Waals surface area contributed by atoms with Gasteiger partial charge in [-0.3, -0.25) is 4.79 Å². The van der Waals surface area contributed by atoms with Crippen LogP contribution in [0.4, 0.5) is 0 Å². The molecule has 0 aliphatic carbocycles. The lowest BCUT2D eigenvalue weighted by molar-refractivity contribution is 0.0941. The van der Waals surface area contributed by atoms with Crippen LogP contribution in [-0.2, 0) is 4.74 Å². The molecule has 0 fully saturated rings. The third-order valence-corrected chi connectivity index (χ3v) is 4.74. The highest BCUT2D eigenvalue weighted by molar-refractivity contribution is 7.13. The first kappa shape index (κ1) is 18.2. The summed E-state index contributed by atoms with van der Waals surface area (Å²) in [6, 6.07) is 13.2. The van der Waals surface area contributed by atoms with E-state index in [0.29, 0.717) is 18.8 Å². The Labute approximate surface area is 156 Å². The van der Waals surface area contributed by atoms with Crippen molar-refractivity contribution in [3.05, 3.63) is 53.5 Å². The van der Waals surface area contributed by atoms with Gasteiger partial charge in [-0.2, -0.15) is 5.10 Å². The summed E-state index contributed by atoms with van der Waals surface area (Å²) in [6.07, 6.45) is 0.761. The van der Waals surface area contributed by atoms with E-state index in [1.54, 1.807) is 30.2 Å². The van der Waals surface area contributed by atoms with Crippen molar-refractivity contribution in [2.24, 2.45) is 0 Å². The second-order valence-corrected chi connectivity index (χ2v) is 6.55. The molecule has 1 amide bonds. The van der Waals surface area contributed by atoms with Crippen LogP contribution in [0.25, 0.3) is 16.3 Å². The van der Waals surface area contributed by atoms with Crippen molar-refractivity contribution in [1.82, 2.24) is 15.1 Å². The second kappa shape index (κ2) is 8.64. The lowest BCUT2D eigenvalue weighted by Gasteiger charge is -2.09. The third kappa shape index (κ3) is 4.12. The Bertz CT molecular complexity index is 842. The quantitative estimate of drug-likeness (QED) is 0.617. The van der Waals surface area contributed by atoms with Gasteiger partial charge in [-0.25, -0.2) is 4.68 Å². The first-order chi connectivity index (χ1) is 12.7. The van der Waals surface area contributed by atoms with E-state index >= 15 is 0 Å². The SMILES string of the molecule is COCCCNC(=O)c1cc(-c2cccs2)nn1-c1ccc(OC)cc1. The van der Waals surface area contributed by atoms with E-state index in [0.717, 1.165) is 28.4 Å². The standard InChI is InChI=1S/C19H21N3O3S/c1-24-11-4-10-20-19(23)17-13-16(18-5-3-12-26-18)21-22(17)14-6-8-15(25-2)9-7-14/h3,5-9,12-13H,4,10-11H2,1-2H3,(H,20,23). The zero-order chi connectivity index (χ0) is 18.4. The van der Waals surface area contributed by atoms with Crippen LogP contribution in [0.5, 0.6) is 5.75 Å². The molecule has 0 bridgehead atoms. The Morgan fingerprint density at radius 2 is 2.04 bits per heavy atom. The first-order valence-electron chi connectivity index (χ1n) is 8.28. The van der Waals surface area contributed by atoms with E-state index in [1.165, 1.54) is 0 Å². The molecule has 0 aliphatic rings. The Hall–Kier alpha value is -2.64. The van der Waals surface area contributed by atoms with Gasteiger partial charge in [0, 0.05) is 20.3 Å². The number of rotatable bonds is 8. The molecule has 3 aromatic rings. The highest BCUT2D eigenvalue weighted by Gasteiger charge is 2.18. The number of ether oxygens (including phenoxy) is 2. The number of carbonyl (C=O) groups is 1. The molecule has 2 heterocycles. The van der Waals surface area contributed by atoms with E-state index in [-0.39, 0.29) is 5.91 Å². The molecule has 0 atom stereocenters. The maximum Gasteiger partial charge on any atom is 0.270 e. The van der Waals surface area contributed by atoms with Gasteiger partial charge < -0.3 is 14.8 Å². The lowest BCUT2D eigenvalue weighted by atomic mass is 10.2. The molecule has 0 spiro atoms. The minimum atomic E-state index is -0.160. The van der Waals surface area contributed by atoms with Crippen molar-refractivity contribution in [3.63, 3.8) is 0 Å². The smallest absolute Gasteiger partial charge is 0.270 e. The van der Waals surface area contributed by atoms with Crippen LogP contribution < -0.4 is 10.1 Å². The minimum Gasteiger partial charge on any atom is -0.497 e. The number of hydrogen-bond donors (Lipinski definition) is 1. The summed E-state index contributed by atoms with van der Waals surface area (Å²) in [5.74, 6) is 0.595. The van der Waals surface area contributed by atoms with Crippen molar-refractivity contribution in [2.75, 3.05) is 27.4 Å². The molecule has 136 valence electrons. The van der Waals surface area contributed by atoms with Gasteiger partial charge in [-0.15, -0.1) is 11.3 Å². The maximum absolute atomic E-state index is 12.7. The Morgan fingerprint density at radius 3 is 2.69 bits per heavy atom. The Balaban J connectivity index is 1.91. The van der Waals surface area contributed by atoms with Gasteiger partial charge in [0.1, 0.15) is 17.1 Å². The number of carbonyl (C=O) groups excluding carboxylic acids is 1. The molecule has 2 aromatic heterocycles. The van der Waals surface area contributed by atoms with E-state index in [1.807, 2.05) is 47.8 Å². The van der Waals surface area contributed by atoms with E-state index in [4.69, 9.17) is 9.47 Å². The number of hydrogen-bond acceptors (Lipinski definition) is 5. The van der Waals surface area contributed by atoms with E-state index in [2.05, 4.69) is 10.4 Å². The average molecular weight is 371 g/mol. The van der Waals surface area contributed by atoms with Gasteiger partial charge in [0.2, 0.25) is 0 Å². The second-order valence-electron chi connectivity index (χ2n) is 5.60. The molecule has 26 heavy (non-hydrogen) atoms. The number of thiophene rings is 1. The summed E-state index contributed by atoms with van der Waals surface area (Å²) in [5, 5.41) is 9.56. The molecule has 0 radical (unpaired) electrons. The van der Waals surface area contributed by atoms with Gasteiger partial charge in [0.25, 0.3) is 5.91 Å². The van der Waals surface area contributed by atoms with Gasteiger partial charge in [-0.1, -0.05) is 6.07 Å². The van der Waals surface area contributed by atoms with Crippen LogP contribution in [0.1, 0.15) is 16.9 Å². The predicted octanol–water partition coefficient (Wildman–Crippen LogP) is 3.38. The van der Waals surface area contributed by atoms with Crippen LogP contribution in [-0.4, -0.2) is 43.1 Å². The number of nitrogens with zero attached hydrogens (tertiary/aromatic N) is 2. The van der Waals surface area contributed by atoms with Crippen molar-refractivity contribution >= 4 is 17.2 Å². The van der Waals surface area contributed by atoms with Crippen LogP contribution in [0.3, 0.4) is 0 Å². The first-order valence-corrected chi connectivity index (χ1v) is 9.16. The van der Waals surface area contributed by atoms with Crippen molar-refractivity contribution in [1.29, 1.82) is 0 Å². The molecule has 0 aliphatic heterocycles. The summed E-state index contributed by atoms with van der Waals surface area (Å²) in [5.41, 5.74) is 2.07. The normalized spacial score (nSPS) is 10.7. The number of aromatic nitrogens is 2. The molecule has 0 unspecified atom stereocenters. The summed E-state index contributed by atoms with van der Waals surface area (Å²) in [4.78, 5) is 13.7. The number of nitrogens with one attached hydrogen (secondary N) is 1. The molecule has 1 N–H and O–H groups in total. The van der Waals surface area contributed by atoms with Crippen molar-refractivity contribution in [3.8, 4) is 22.0 Å². The van der Waals surface area contributed by atoms with Crippen LogP contribution >= 0.6 is 11.3 Å². The monoisotopic (exact) mass is 371 g/mol. The van der Waals surface area contributed by atoms with Gasteiger partial charge in [-0.05, 0) is 48.2 Å². The molecular weight excluding hydrogens is 350 g/mol. The largest absolute Gasteiger partial charge is 0.497 e. The summed E-state index contributed by atoms with van der Waals surface area (Å²) >= 11 is 1.59. The Kier molecular flexibility index (Phi) is 6.04. The number of benzene rings is 1. The van der Waals surface area contributed by atoms with Gasteiger partial charge in [0.15, 0.2) is 0 Å². The molecular formula is C19H21N3O3S. The summed E-state index contributed by atoms with van der Waals surface area (Å²) < 4.78 is 11.9. The number of methoxy groups -OCH3 is 2. The molecule has 7 heteroatoms. The molecule has 0 saturated carbocycles. The summed E-state index contributed by atoms with van der Waals surface area (Å²) in [6.45, 7) is 1.16. The lowest BCUT2D eigenvalue weighted by Crippen LogP contribution is -2.27. The maximum atomic E-state index is 12.7. The topological polar surface area (TPSA) is 65.4 Å². The molecule has 3 rings (SSSR count). The van der Waals surface area contributed by atoms with E-state index in [9.17, 15) is 4.79 Å². The van der Waals surface area contributed by atoms with Crippen molar-refractivity contribution < 1.29 is 14.3 Å². The third-order valence-electron chi connectivity index (χ3n) is 3.84. The fourth-order valence-electron chi connectivity index (χ4n) is 2.52. The van der Waals surface area contributed by atoms with Gasteiger partial charge >= 0.3 is 0 Å².